The number of carbonyl (C=O) groups excluding carboxylic acids is 4. The summed E-state index contributed by atoms with van der Waals surface area (Å²) in [6, 6.07) is 23.1. The Morgan fingerprint density at radius 3 is 1.40 bits per heavy atom. The first kappa shape index (κ1) is 47.4. The van der Waals surface area contributed by atoms with E-state index in [1.807, 2.05) is 60.7 Å². The van der Waals surface area contributed by atoms with Crippen LogP contribution in [-0.4, -0.2) is 76.4 Å². The van der Waals surface area contributed by atoms with Crippen LogP contribution in [0.15, 0.2) is 110 Å². The predicted octanol–water partition coefficient (Wildman–Crippen LogP) is 9.16. The van der Waals surface area contributed by atoms with Crippen molar-refractivity contribution in [1.29, 1.82) is 0 Å². The molecule has 10 rings (SSSR count). The molecule has 2 fully saturated rings. The SMILES string of the molecule is Cc1cc(NC(=O)C(=O)N2C[C@@H](C)CCC2c2ccc3sc(-c4cccnc4)nc3c2)cnc1N.Cc1cc(NC(=O)C(=O)N2C[C@@H](C)CC[C@@H]2c2ccc3sc(-c4cccnc4)nc3c2)cnc1N. The molecule has 6 aromatic heterocycles. The molecule has 8 aromatic rings. The molecule has 70 heavy (non-hydrogen) atoms. The molecule has 0 bridgehead atoms. The molecule has 2 aliphatic rings. The van der Waals surface area contributed by atoms with Gasteiger partial charge in [0.1, 0.15) is 21.7 Å². The van der Waals surface area contributed by atoms with E-state index >= 15 is 0 Å². The van der Waals surface area contributed by atoms with E-state index in [9.17, 15) is 19.2 Å². The number of nitrogens with zero attached hydrogens (tertiary/aromatic N) is 8. The Morgan fingerprint density at radius 1 is 0.586 bits per heavy atom. The minimum Gasteiger partial charge on any atom is -0.383 e. The van der Waals surface area contributed by atoms with Crippen molar-refractivity contribution in [3.8, 4) is 21.1 Å². The predicted molar refractivity (Wildman–Crippen MR) is 275 cm³/mol. The van der Waals surface area contributed by atoms with E-state index in [1.165, 1.54) is 12.4 Å². The number of fused-ring (bicyclic) bond motifs is 2. The van der Waals surface area contributed by atoms with Gasteiger partial charge in [-0.3, -0.25) is 29.1 Å². The first-order valence-corrected chi connectivity index (χ1v) is 24.7. The molecule has 16 nitrogen and oxygen atoms in total. The van der Waals surface area contributed by atoms with Gasteiger partial charge in [-0.05, 0) is 134 Å². The Bertz CT molecular complexity index is 3020. The summed E-state index contributed by atoms with van der Waals surface area (Å²) in [6.07, 6.45) is 13.5. The summed E-state index contributed by atoms with van der Waals surface area (Å²) in [5.41, 5.74) is 19.6. The van der Waals surface area contributed by atoms with E-state index in [-0.39, 0.29) is 12.1 Å². The number of nitrogens with one attached hydrogen (secondary N) is 2. The Hall–Kier alpha value is -7.70. The Kier molecular flexibility index (Phi) is 13.9. The second-order valence-corrected chi connectivity index (χ2v) is 20.1. The van der Waals surface area contributed by atoms with Gasteiger partial charge in [-0.2, -0.15) is 0 Å². The van der Waals surface area contributed by atoms with Crippen LogP contribution >= 0.6 is 22.7 Å². The minimum atomic E-state index is -0.677. The maximum Gasteiger partial charge on any atom is 0.313 e. The number of aryl methyl sites for hydroxylation is 2. The van der Waals surface area contributed by atoms with Gasteiger partial charge in [0.25, 0.3) is 0 Å². The number of pyridine rings is 4. The molecule has 1 unspecified atom stereocenters. The highest BCUT2D eigenvalue weighted by Gasteiger charge is 2.36. The lowest BCUT2D eigenvalue weighted by Gasteiger charge is -2.38. The lowest BCUT2D eigenvalue weighted by Crippen LogP contribution is -2.46. The van der Waals surface area contributed by atoms with Gasteiger partial charge < -0.3 is 31.9 Å². The quantitative estimate of drug-likeness (QED) is 0.114. The number of rotatable bonds is 6. The molecule has 356 valence electrons. The fraction of sp³-hybridized carbons (Fsp3) is 0.269. The maximum absolute atomic E-state index is 13.3. The third-order valence-electron chi connectivity index (χ3n) is 12.7. The topological polar surface area (TPSA) is 228 Å². The van der Waals surface area contributed by atoms with Gasteiger partial charge in [0.15, 0.2) is 0 Å². The minimum absolute atomic E-state index is 0.191. The summed E-state index contributed by atoms with van der Waals surface area (Å²) in [4.78, 5) is 81.8. The van der Waals surface area contributed by atoms with E-state index in [1.54, 1.807) is 83.2 Å². The summed E-state index contributed by atoms with van der Waals surface area (Å²) >= 11 is 3.22. The van der Waals surface area contributed by atoms with Crippen molar-refractivity contribution >= 4 is 89.7 Å². The van der Waals surface area contributed by atoms with E-state index in [0.717, 1.165) is 89.5 Å². The lowest BCUT2D eigenvalue weighted by atomic mass is 9.89. The van der Waals surface area contributed by atoms with Crippen molar-refractivity contribution < 1.29 is 19.2 Å². The van der Waals surface area contributed by atoms with Crippen molar-refractivity contribution in [1.82, 2.24) is 39.7 Å². The fourth-order valence-electron chi connectivity index (χ4n) is 8.91. The molecule has 0 spiro atoms. The molecule has 0 saturated carbocycles. The number of hydrogen-bond donors (Lipinski definition) is 4. The number of nitrogens with two attached hydrogens (primary N) is 2. The first-order chi connectivity index (χ1) is 33.8. The second kappa shape index (κ2) is 20.5. The van der Waals surface area contributed by atoms with Crippen molar-refractivity contribution in [2.45, 2.75) is 65.5 Å². The van der Waals surface area contributed by atoms with Gasteiger partial charge in [0.05, 0.1) is 56.3 Å². The van der Waals surface area contributed by atoms with Crippen LogP contribution in [-0.2, 0) is 19.2 Å². The van der Waals surface area contributed by atoms with Crippen molar-refractivity contribution in [3.05, 3.63) is 132 Å². The van der Waals surface area contributed by atoms with Crippen molar-refractivity contribution in [2.24, 2.45) is 11.8 Å². The average molecular weight is 973 g/mol. The van der Waals surface area contributed by atoms with E-state index in [4.69, 9.17) is 21.4 Å². The summed E-state index contributed by atoms with van der Waals surface area (Å²) in [6.45, 7) is 8.85. The average Bonchev–Trinajstić information content (AvgIpc) is 4.01. The van der Waals surface area contributed by atoms with Crippen LogP contribution in [0.5, 0.6) is 0 Å². The van der Waals surface area contributed by atoms with Crippen LogP contribution in [0.25, 0.3) is 41.6 Å². The van der Waals surface area contributed by atoms with Crippen LogP contribution in [0.1, 0.15) is 73.9 Å². The summed E-state index contributed by atoms with van der Waals surface area (Å²) in [5, 5.41) is 7.17. The highest BCUT2D eigenvalue weighted by Crippen LogP contribution is 2.39. The van der Waals surface area contributed by atoms with E-state index in [0.29, 0.717) is 47.9 Å². The monoisotopic (exact) mass is 972 g/mol. The Labute approximate surface area is 412 Å². The zero-order valence-electron chi connectivity index (χ0n) is 39.1. The zero-order chi connectivity index (χ0) is 49.1. The molecule has 0 radical (unpaired) electrons. The molecule has 18 heteroatoms. The molecule has 8 heterocycles. The number of carbonyl (C=O) groups is 4. The van der Waals surface area contributed by atoms with Crippen LogP contribution in [0.3, 0.4) is 0 Å². The summed E-state index contributed by atoms with van der Waals surface area (Å²) in [7, 11) is 0. The van der Waals surface area contributed by atoms with E-state index in [2.05, 4.69) is 44.4 Å². The standard InChI is InChI=1S/2C26H26N6O2S/c2*1-15-5-7-21(32(14-15)26(34)24(33)30-19-10-16(2)23(27)29-13-19)17-6-8-22-20(11-17)31-25(35-22)18-4-3-9-28-12-18/h2*3-4,6,8-13,15,21H,5,7,14H2,1-2H3,(H2,27,29)(H,30,33)/t15-,21?;15-,21+/m00/s1. The molecular weight excluding hydrogens is 921 g/mol. The van der Waals surface area contributed by atoms with Gasteiger partial charge in [0.2, 0.25) is 0 Å². The molecule has 6 N–H and O–H groups in total. The van der Waals surface area contributed by atoms with Crippen LogP contribution in [0, 0.1) is 25.7 Å². The number of nitrogen functional groups attached to an aromatic ring is 2. The molecule has 2 saturated heterocycles. The summed E-state index contributed by atoms with van der Waals surface area (Å²) < 4.78 is 2.14. The third-order valence-corrected chi connectivity index (χ3v) is 14.9. The molecule has 4 atom stereocenters. The van der Waals surface area contributed by atoms with Crippen LogP contribution in [0.2, 0.25) is 0 Å². The van der Waals surface area contributed by atoms with Crippen molar-refractivity contribution in [3.63, 3.8) is 0 Å². The first-order valence-electron chi connectivity index (χ1n) is 23.1. The maximum atomic E-state index is 13.3. The molecule has 2 aliphatic heterocycles. The fourth-order valence-corrected chi connectivity index (χ4v) is 10.8. The van der Waals surface area contributed by atoms with Crippen LogP contribution < -0.4 is 22.1 Å². The normalized spacial score (nSPS) is 17.9. The number of hydrogen-bond acceptors (Lipinski definition) is 14. The number of likely N-dealkylation sites (tertiary alicyclic amines) is 2. The number of aromatic nitrogens is 6. The molecule has 4 amide bonds. The van der Waals surface area contributed by atoms with Gasteiger partial charge in [-0.15, -0.1) is 22.7 Å². The van der Waals surface area contributed by atoms with E-state index < -0.39 is 23.6 Å². The number of amides is 4. The smallest absolute Gasteiger partial charge is 0.313 e. The number of piperidine rings is 2. The van der Waals surface area contributed by atoms with Gasteiger partial charge in [-0.25, -0.2) is 19.9 Å². The zero-order valence-corrected chi connectivity index (χ0v) is 40.8. The molecule has 0 aliphatic carbocycles. The number of anilines is 4. The van der Waals surface area contributed by atoms with Gasteiger partial charge in [-0.1, -0.05) is 26.0 Å². The highest BCUT2D eigenvalue weighted by molar-refractivity contribution is 7.22. The largest absolute Gasteiger partial charge is 0.383 e. The summed E-state index contributed by atoms with van der Waals surface area (Å²) in [5.74, 6) is -1.05. The second-order valence-electron chi connectivity index (χ2n) is 18.0. The highest BCUT2D eigenvalue weighted by atomic mass is 32.1. The third kappa shape index (κ3) is 10.5. The van der Waals surface area contributed by atoms with Crippen molar-refractivity contribution in [2.75, 3.05) is 35.2 Å². The van der Waals surface area contributed by atoms with Gasteiger partial charge in [0, 0.05) is 49.0 Å². The molecule has 2 aromatic carbocycles. The molecular formula is C52H52N12O4S2. The van der Waals surface area contributed by atoms with Gasteiger partial charge >= 0.3 is 23.6 Å². The number of thiazole rings is 2. The number of benzene rings is 2. The van der Waals surface area contributed by atoms with Crippen LogP contribution in [0.4, 0.5) is 23.0 Å². The Morgan fingerprint density at radius 2 is 1.01 bits per heavy atom. The Balaban J connectivity index is 0.000000174. The lowest BCUT2D eigenvalue weighted by molar-refractivity contribution is -0.146.